The number of hydrogen-bond donors (Lipinski definition) is 0. The van der Waals surface area contributed by atoms with Crippen molar-refractivity contribution in [1.29, 1.82) is 0 Å². The molecule has 1 amide bonds. The maximum absolute atomic E-state index is 13.1. The Morgan fingerprint density at radius 3 is 2.04 bits per heavy atom. The lowest BCUT2D eigenvalue weighted by molar-refractivity contribution is -0.125. The normalized spacial score (nSPS) is 18.3. The molecule has 1 spiro atoms. The second-order valence-electron chi connectivity index (χ2n) is 6.24. The molecule has 1 aliphatic heterocycles. The molecule has 26 heavy (non-hydrogen) atoms. The number of allylic oxidation sites excluding steroid dienone is 2. The number of likely N-dealkylation sites (N-methyl/N-ethyl adjacent to an activating group) is 1. The van der Waals surface area contributed by atoms with Gasteiger partial charge in [-0.15, -0.1) is 0 Å². The molecule has 0 fully saturated rings. The summed E-state index contributed by atoms with van der Waals surface area (Å²) in [5.41, 5.74) is 1.16. The zero-order valence-corrected chi connectivity index (χ0v) is 15.1. The van der Waals surface area contributed by atoms with Crippen molar-refractivity contribution in [1.82, 2.24) is 4.90 Å². The summed E-state index contributed by atoms with van der Waals surface area (Å²) in [5, 5.41) is 0. The van der Waals surface area contributed by atoms with Crippen molar-refractivity contribution in [3.05, 3.63) is 95.4 Å². The number of amides is 1. The summed E-state index contributed by atoms with van der Waals surface area (Å²) in [5.74, 6) is -0.102. The summed E-state index contributed by atoms with van der Waals surface area (Å²) >= 11 is 1.47. The first-order chi connectivity index (χ1) is 12.6. The Kier molecular flexibility index (Phi) is 4.13. The molecule has 2 aromatic carbocycles. The molecule has 4 heteroatoms. The number of hydrogen-bond acceptors (Lipinski definition) is 3. The minimum Gasteiger partial charge on any atom is -0.324 e. The van der Waals surface area contributed by atoms with Crippen LogP contribution in [-0.4, -0.2) is 29.2 Å². The van der Waals surface area contributed by atoms with Gasteiger partial charge in [0.25, 0.3) is 5.91 Å². The Morgan fingerprint density at radius 2 is 1.42 bits per heavy atom. The van der Waals surface area contributed by atoms with Crippen molar-refractivity contribution in [2.75, 3.05) is 7.05 Å². The van der Waals surface area contributed by atoms with Gasteiger partial charge in [0.1, 0.15) is 5.54 Å². The van der Waals surface area contributed by atoms with E-state index in [1.807, 2.05) is 72.8 Å². The van der Waals surface area contributed by atoms with E-state index in [0.717, 1.165) is 16.0 Å². The third kappa shape index (κ3) is 2.63. The van der Waals surface area contributed by atoms with Gasteiger partial charge in [0.15, 0.2) is 5.78 Å². The van der Waals surface area contributed by atoms with E-state index < -0.39 is 5.54 Å². The fourth-order valence-corrected chi connectivity index (χ4v) is 4.50. The SMILES string of the molecule is CN1C(=O)C(Sc2ccccc2)=C(c2ccccc2)C12C=CC(=O)C=C2. The summed E-state index contributed by atoms with van der Waals surface area (Å²) in [6, 6.07) is 19.8. The first-order valence-electron chi connectivity index (χ1n) is 8.35. The second-order valence-corrected chi connectivity index (χ2v) is 7.33. The number of benzene rings is 2. The monoisotopic (exact) mass is 359 g/mol. The van der Waals surface area contributed by atoms with Crippen LogP contribution in [-0.2, 0) is 9.59 Å². The second kappa shape index (κ2) is 6.46. The highest BCUT2D eigenvalue weighted by atomic mass is 32.2. The lowest BCUT2D eigenvalue weighted by Gasteiger charge is -2.34. The Hall–Kier alpha value is -2.85. The van der Waals surface area contributed by atoms with Gasteiger partial charge in [-0.1, -0.05) is 60.3 Å². The van der Waals surface area contributed by atoms with Crippen LogP contribution in [0.1, 0.15) is 5.56 Å². The van der Waals surface area contributed by atoms with Gasteiger partial charge >= 0.3 is 0 Å². The first-order valence-corrected chi connectivity index (χ1v) is 9.17. The van der Waals surface area contributed by atoms with Gasteiger partial charge in [0.2, 0.25) is 0 Å². The topological polar surface area (TPSA) is 37.4 Å². The Balaban J connectivity index is 1.93. The molecule has 128 valence electrons. The van der Waals surface area contributed by atoms with Crippen molar-refractivity contribution >= 4 is 29.0 Å². The number of rotatable bonds is 3. The van der Waals surface area contributed by atoms with Gasteiger partial charge < -0.3 is 4.90 Å². The minimum absolute atomic E-state index is 0.0404. The maximum atomic E-state index is 13.1. The number of thioether (sulfide) groups is 1. The molecule has 0 radical (unpaired) electrons. The van der Waals surface area contributed by atoms with Gasteiger partial charge in [0.05, 0.1) is 4.91 Å². The van der Waals surface area contributed by atoms with Crippen molar-refractivity contribution in [2.45, 2.75) is 10.4 Å². The highest BCUT2D eigenvalue weighted by Crippen LogP contribution is 2.49. The number of ketones is 1. The van der Waals surface area contributed by atoms with Crippen molar-refractivity contribution < 1.29 is 9.59 Å². The first kappa shape index (κ1) is 16.6. The van der Waals surface area contributed by atoms with Gasteiger partial charge in [-0.2, -0.15) is 0 Å². The molecule has 2 aromatic rings. The third-order valence-electron chi connectivity index (χ3n) is 4.71. The van der Waals surface area contributed by atoms with E-state index in [2.05, 4.69) is 0 Å². The van der Waals surface area contributed by atoms with Crippen LogP contribution in [0.5, 0.6) is 0 Å². The molecule has 2 aliphatic rings. The van der Waals surface area contributed by atoms with Gasteiger partial charge in [-0.05, 0) is 42.0 Å². The van der Waals surface area contributed by atoms with Crippen LogP contribution in [0.4, 0.5) is 0 Å². The van der Waals surface area contributed by atoms with Crippen LogP contribution < -0.4 is 0 Å². The molecule has 0 bridgehead atoms. The molecule has 0 saturated carbocycles. The molecule has 0 saturated heterocycles. The molecular formula is C22H17NO2S. The zero-order chi connectivity index (χ0) is 18.1. The smallest absolute Gasteiger partial charge is 0.262 e. The molecule has 1 heterocycles. The Bertz CT molecular complexity index is 942. The average Bonchev–Trinajstić information content (AvgIpc) is 2.88. The van der Waals surface area contributed by atoms with E-state index >= 15 is 0 Å². The molecule has 0 aromatic heterocycles. The summed E-state index contributed by atoms with van der Waals surface area (Å²) in [6.07, 6.45) is 6.74. The van der Waals surface area contributed by atoms with Crippen LogP contribution in [0.25, 0.3) is 5.57 Å². The quantitative estimate of drug-likeness (QED) is 0.828. The standard InChI is InChI=1S/C22H17NO2S/c1-23-21(25)20(26-18-10-6-3-7-11-18)19(16-8-4-2-5-9-16)22(23)14-12-17(24)13-15-22/h2-15H,1H3. The van der Waals surface area contributed by atoms with Gasteiger partial charge in [-0.25, -0.2) is 0 Å². The predicted molar refractivity (Wildman–Crippen MR) is 104 cm³/mol. The molecule has 0 unspecified atom stereocenters. The van der Waals surface area contributed by atoms with E-state index in [4.69, 9.17) is 0 Å². The Labute approximate surface area is 156 Å². The average molecular weight is 359 g/mol. The largest absolute Gasteiger partial charge is 0.324 e. The van der Waals surface area contributed by atoms with Gasteiger partial charge in [-0.3, -0.25) is 9.59 Å². The molecular weight excluding hydrogens is 342 g/mol. The van der Waals surface area contributed by atoms with Crippen molar-refractivity contribution in [3.8, 4) is 0 Å². The van der Waals surface area contributed by atoms with E-state index in [1.54, 1.807) is 24.1 Å². The molecule has 3 nitrogen and oxygen atoms in total. The van der Waals surface area contributed by atoms with E-state index in [-0.39, 0.29) is 11.7 Å². The molecule has 0 N–H and O–H groups in total. The fraction of sp³-hybridized carbons (Fsp3) is 0.0909. The minimum atomic E-state index is -0.733. The molecule has 4 rings (SSSR count). The van der Waals surface area contributed by atoms with E-state index in [0.29, 0.717) is 4.91 Å². The number of carbonyl (C=O) groups excluding carboxylic acids is 2. The van der Waals surface area contributed by atoms with Crippen molar-refractivity contribution in [2.24, 2.45) is 0 Å². The molecule has 0 atom stereocenters. The highest BCUT2D eigenvalue weighted by Gasteiger charge is 2.48. The zero-order valence-electron chi connectivity index (χ0n) is 14.3. The lowest BCUT2D eigenvalue weighted by Crippen LogP contribution is -2.43. The van der Waals surface area contributed by atoms with Crippen molar-refractivity contribution in [3.63, 3.8) is 0 Å². The van der Waals surface area contributed by atoms with E-state index in [1.165, 1.54) is 11.8 Å². The predicted octanol–water partition coefficient (Wildman–Crippen LogP) is 4.10. The van der Waals surface area contributed by atoms with Gasteiger partial charge in [0, 0.05) is 17.5 Å². The summed E-state index contributed by atoms with van der Waals surface area (Å²) < 4.78 is 0. The number of nitrogens with zero attached hydrogens (tertiary/aromatic N) is 1. The summed E-state index contributed by atoms with van der Waals surface area (Å²) in [4.78, 5) is 28.3. The maximum Gasteiger partial charge on any atom is 0.262 e. The fourth-order valence-electron chi connectivity index (χ4n) is 3.36. The van der Waals surface area contributed by atoms with Crippen LogP contribution in [0.3, 0.4) is 0 Å². The Morgan fingerprint density at radius 1 is 0.846 bits per heavy atom. The summed E-state index contributed by atoms with van der Waals surface area (Å²) in [6.45, 7) is 0. The van der Waals surface area contributed by atoms with Crippen LogP contribution >= 0.6 is 11.8 Å². The summed E-state index contributed by atoms with van der Waals surface area (Å²) in [7, 11) is 1.79. The third-order valence-corrected chi connectivity index (χ3v) is 5.80. The molecule has 1 aliphatic carbocycles. The number of carbonyl (C=O) groups is 2. The van der Waals surface area contributed by atoms with E-state index in [9.17, 15) is 9.59 Å². The van der Waals surface area contributed by atoms with Crippen LogP contribution in [0.2, 0.25) is 0 Å². The highest BCUT2D eigenvalue weighted by molar-refractivity contribution is 8.04. The van der Waals surface area contributed by atoms with Crippen LogP contribution in [0, 0.1) is 0 Å². The van der Waals surface area contributed by atoms with Crippen LogP contribution in [0.15, 0.2) is 94.8 Å². The lowest BCUT2D eigenvalue weighted by atomic mass is 9.83.